The molecule has 0 atom stereocenters. The molecule has 1 fully saturated rings. The van der Waals surface area contributed by atoms with Crippen molar-refractivity contribution in [3.8, 4) is 5.75 Å². The minimum absolute atomic E-state index is 0.668. The van der Waals surface area contributed by atoms with Gasteiger partial charge in [-0.2, -0.15) is 11.8 Å². The molecule has 19 heavy (non-hydrogen) atoms. The van der Waals surface area contributed by atoms with E-state index in [0.29, 0.717) is 6.04 Å². The first-order chi connectivity index (χ1) is 9.22. The first-order valence-electron chi connectivity index (χ1n) is 6.81. The van der Waals surface area contributed by atoms with Crippen LogP contribution >= 0.6 is 27.7 Å². The maximum Gasteiger partial charge on any atom is 0.119 e. The van der Waals surface area contributed by atoms with E-state index < -0.39 is 0 Å². The van der Waals surface area contributed by atoms with Crippen molar-refractivity contribution in [1.29, 1.82) is 0 Å². The largest absolute Gasteiger partial charge is 0.497 e. The number of thioether (sulfide) groups is 1. The molecule has 1 aromatic rings. The molecule has 0 aromatic heterocycles. The highest BCUT2D eigenvalue weighted by atomic mass is 79.9. The second-order valence-electron chi connectivity index (χ2n) is 5.05. The SMILES string of the molecule is COc1ccc(Br)c(CNC2CCC(SC)CC2)c1. The molecule has 0 radical (unpaired) electrons. The lowest BCUT2D eigenvalue weighted by Gasteiger charge is -2.28. The van der Waals surface area contributed by atoms with Crippen molar-refractivity contribution in [2.75, 3.05) is 13.4 Å². The van der Waals surface area contributed by atoms with Gasteiger partial charge >= 0.3 is 0 Å². The van der Waals surface area contributed by atoms with Gasteiger partial charge in [0.2, 0.25) is 0 Å². The molecule has 0 unspecified atom stereocenters. The van der Waals surface area contributed by atoms with Gasteiger partial charge in [0, 0.05) is 22.3 Å². The van der Waals surface area contributed by atoms with E-state index in [1.165, 1.54) is 31.2 Å². The lowest BCUT2D eigenvalue weighted by molar-refractivity contribution is 0.377. The fraction of sp³-hybridized carbons (Fsp3) is 0.600. The maximum atomic E-state index is 5.28. The van der Waals surface area contributed by atoms with Crippen molar-refractivity contribution in [1.82, 2.24) is 5.32 Å². The number of hydrogen-bond acceptors (Lipinski definition) is 3. The van der Waals surface area contributed by atoms with Gasteiger partial charge in [0.1, 0.15) is 5.75 Å². The van der Waals surface area contributed by atoms with Crippen LogP contribution in [0.4, 0.5) is 0 Å². The summed E-state index contributed by atoms with van der Waals surface area (Å²) in [5, 5.41) is 4.56. The minimum atomic E-state index is 0.668. The van der Waals surface area contributed by atoms with Gasteiger partial charge in [-0.1, -0.05) is 15.9 Å². The number of ether oxygens (including phenoxy) is 1. The van der Waals surface area contributed by atoms with Crippen molar-refractivity contribution in [2.45, 2.75) is 43.5 Å². The predicted octanol–water partition coefficient (Wildman–Crippen LogP) is 4.22. The molecular formula is C15H22BrNOS. The number of halogens is 1. The lowest BCUT2D eigenvalue weighted by Crippen LogP contribution is -2.33. The van der Waals surface area contributed by atoms with Crippen LogP contribution in [0, 0.1) is 0 Å². The number of methoxy groups -OCH3 is 1. The highest BCUT2D eigenvalue weighted by Gasteiger charge is 2.20. The highest BCUT2D eigenvalue weighted by molar-refractivity contribution is 9.10. The Morgan fingerprint density at radius 2 is 2.05 bits per heavy atom. The Morgan fingerprint density at radius 3 is 2.68 bits per heavy atom. The molecule has 0 bridgehead atoms. The van der Waals surface area contributed by atoms with Crippen LogP contribution in [-0.2, 0) is 6.54 Å². The Bertz CT molecular complexity index is 405. The molecule has 0 amide bonds. The maximum absolute atomic E-state index is 5.28. The summed E-state index contributed by atoms with van der Waals surface area (Å²) >= 11 is 5.62. The van der Waals surface area contributed by atoms with Gasteiger partial charge in [0.05, 0.1) is 7.11 Å². The number of nitrogens with one attached hydrogen (secondary N) is 1. The molecule has 1 saturated carbocycles. The Hall–Kier alpha value is -0.190. The summed E-state index contributed by atoms with van der Waals surface area (Å²) in [7, 11) is 1.71. The van der Waals surface area contributed by atoms with E-state index in [0.717, 1.165) is 22.0 Å². The van der Waals surface area contributed by atoms with Crippen LogP contribution in [0.5, 0.6) is 5.75 Å². The summed E-state index contributed by atoms with van der Waals surface area (Å²) in [6.45, 7) is 0.909. The van der Waals surface area contributed by atoms with Crippen LogP contribution in [0.15, 0.2) is 22.7 Å². The average Bonchev–Trinajstić information content (AvgIpc) is 2.47. The molecule has 4 heteroatoms. The zero-order chi connectivity index (χ0) is 13.7. The zero-order valence-electron chi connectivity index (χ0n) is 11.6. The first-order valence-corrected chi connectivity index (χ1v) is 8.89. The topological polar surface area (TPSA) is 21.3 Å². The molecule has 106 valence electrons. The van der Waals surface area contributed by atoms with Gasteiger partial charge < -0.3 is 10.1 Å². The highest BCUT2D eigenvalue weighted by Crippen LogP contribution is 2.28. The van der Waals surface area contributed by atoms with Crippen LogP contribution in [0.3, 0.4) is 0 Å². The molecule has 1 aliphatic rings. The average molecular weight is 344 g/mol. The van der Waals surface area contributed by atoms with Gasteiger partial charge in [-0.05, 0) is 55.7 Å². The third-order valence-electron chi connectivity index (χ3n) is 3.84. The van der Waals surface area contributed by atoms with Crippen molar-refractivity contribution in [3.05, 3.63) is 28.2 Å². The number of hydrogen-bond donors (Lipinski definition) is 1. The van der Waals surface area contributed by atoms with Crippen LogP contribution in [0.1, 0.15) is 31.2 Å². The van der Waals surface area contributed by atoms with E-state index in [2.05, 4.69) is 39.6 Å². The molecule has 2 rings (SSSR count). The van der Waals surface area contributed by atoms with Gasteiger partial charge in [0.15, 0.2) is 0 Å². The quantitative estimate of drug-likeness (QED) is 0.864. The molecule has 0 heterocycles. The molecule has 1 aliphatic carbocycles. The van der Waals surface area contributed by atoms with Gasteiger partial charge in [0.25, 0.3) is 0 Å². The monoisotopic (exact) mass is 343 g/mol. The summed E-state index contributed by atoms with van der Waals surface area (Å²) in [6, 6.07) is 6.81. The number of benzene rings is 1. The summed E-state index contributed by atoms with van der Waals surface area (Å²) < 4.78 is 6.43. The van der Waals surface area contributed by atoms with Crippen molar-refractivity contribution >= 4 is 27.7 Å². The second kappa shape index (κ2) is 7.55. The molecule has 1 aromatic carbocycles. The fourth-order valence-corrected chi connectivity index (χ4v) is 3.70. The Labute approximate surface area is 128 Å². The zero-order valence-corrected chi connectivity index (χ0v) is 14.0. The van der Waals surface area contributed by atoms with E-state index in [1.54, 1.807) is 7.11 Å². The van der Waals surface area contributed by atoms with Gasteiger partial charge in [-0.3, -0.25) is 0 Å². The smallest absolute Gasteiger partial charge is 0.119 e. The minimum Gasteiger partial charge on any atom is -0.497 e. The third-order valence-corrected chi connectivity index (χ3v) is 5.75. The van der Waals surface area contributed by atoms with Crippen LogP contribution in [0.25, 0.3) is 0 Å². The van der Waals surface area contributed by atoms with E-state index in [1.807, 2.05) is 17.8 Å². The van der Waals surface area contributed by atoms with E-state index >= 15 is 0 Å². The first kappa shape index (κ1) is 15.2. The molecule has 0 aliphatic heterocycles. The van der Waals surface area contributed by atoms with E-state index in [9.17, 15) is 0 Å². The third kappa shape index (κ3) is 4.40. The lowest BCUT2D eigenvalue weighted by atomic mass is 9.95. The number of rotatable bonds is 5. The predicted molar refractivity (Wildman–Crippen MR) is 87.1 cm³/mol. The van der Waals surface area contributed by atoms with Crippen molar-refractivity contribution in [3.63, 3.8) is 0 Å². The Morgan fingerprint density at radius 1 is 1.32 bits per heavy atom. The van der Waals surface area contributed by atoms with E-state index in [4.69, 9.17) is 4.74 Å². The van der Waals surface area contributed by atoms with Crippen LogP contribution < -0.4 is 10.1 Å². The second-order valence-corrected chi connectivity index (χ2v) is 7.04. The van der Waals surface area contributed by atoms with Crippen molar-refractivity contribution < 1.29 is 4.74 Å². The fourth-order valence-electron chi connectivity index (χ4n) is 2.57. The molecule has 2 nitrogen and oxygen atoms in total. The molecule has 0 saturated heterocycles. The summed E-state index contributed by atoms with van der Waals surface area (Å²) in [6.07, 6.45) is 7.52. The molecule has 1 N–H and O–H groups in total. The summed E-state index contributed by atoms with van der Waals surface area (Å²) in [4.78, 5) is 0. The van der Waals surface area contributed by atoms with Gasteiger partial charge in [-0.15, -0.1) is 0 Å². The molecule has 0 spiro atoms. The van der Waals surface area contributed by atoms with Crippen LogP contribution in [0.2, 0.25) is 0 Å². The summed E-state index contributed by atoms with van der Waals surface area (Å²) in [5.74, 6) is 0.922. The van der Waals surface area contributed by atoms with Crippen molar-refractivity contribution in [2.24, 2.45) is 0 Å². The summed E-state index contributed by atoms with van der Waals surface area (Å²) in [5.41, 5.74) is 1.27. The normalized spacial score (nSPS) is 23.3. The molecular weight excluding hydrogens is 322 g/mol. The van der Waals surface area contributed by atoms with Crippen LogP contribution in [-0.4, -0.2) is 24.7 Å². The van der Waals surface area contributed by atoms with E-state index in [-0.39, 0.29) is 0 Å². The Balaban J connectivity index is 1.85. The van der Waals surface area contributed by atoms with Gasteiger partial charge in [-0.25, -0.2) is 0 Å². The standard InChI is InChI=1S/C15H22BrNOS/c1-18-13-5-8-15(16)11(9-13)10-17-12-3-6-14(19-2)7-4-12/h5,8-9,12,14,17H,3-4,6-7,10H2,1-2H3. The Kier molecular flexibility index (Phi) is 6.05.